The van der Waals surface area contributed by atoms with Gasteiger partial charge in [-0.2, -0.15) is 8.78 Å². The van der Waals surface area contributed by atoms with Crippen molar-refractivity contribution in [1.82, 2.24) is 4.90 Å². The van der Waals surface area contributed by atoms with E-state index in [0.29, 0.717) is 21.3 Å². The molecule has 0 saturated carbocycles. The van der Waals surface area contributed by atoms with E-state index in [1.54, 1.807) is 12.1 Å². The third-order valence-corrected chi connectivity index (χ3v) is 4.29. The fourth-order valence-electron chi connectivity index (χ4n) is 1.94. The zero-order valence-electron chi connectivity index (χ0n) is 11.8. The summed E-state index contributed by atoms with van der Waals surface area (Å²) in [5.41, 5.74) is 0.330. The van der Waals surface area contributed by atoms with Gasteiger partial charge in [0.05, 0.1) is 12.0 Å². The number of carbonyl (C=O) groups excluding carboxylic acids is 1. The predicted molar refractivity (Wildman–Crippen MR) is 85.2 cm³/mol. The minimum absolute atomic E-state index is 0.109. The van der Waals surface area contributed by atoms with Gasteiger partial charge >= 0.3 is 6.61 Å². The number of thiocarbonyl (C=S) groups is 1. The highest BCUT2D eigenvalue weighted by Crippen LogP contribution is 2.37. The topological polar surface area (TPSA) is 38.8 Å². The summed E-state index contributed by atoms with van der Waals surface area (Å²) < 4.78 is 35.2. The molecule has 1 saturated heterocycles. The largest absolute Gasteiger partial charge is 0.493 e. The Hall–Kier alpha value is -1.67. The summed E-state index contributed by atoms with van der Waals surface area (Å²) in [6.45, 7) is -0.723. The molecule has 0 aliphatic carbocycles. The number of amides is 1. The van der Waals surface area contributed by atoms with Gasteiger partial charge in [0.2, 0.25) is 0 Å². The van der Waals surface area contributed by atoms with Gasteiger partial charge in [0.15, 0.2) is 11.5 Å². The molecule has 0 bridgehead atoms. The highest BCUT2D eigenvalue weighted by molar-refractivity contribution is 8.26. The highest BCUT2D eigenvalue weighted by atomic mass is 32.2. The quantitative estimate of drug-likeness (QED) is 0.603. The van der Waals surface area contributed by atoms with Crippen molar-refractivity contribution in [1.29, 1.82) is 0 Å². The first-order valence-corrected chi connectivity index (χ1v) is 7.57. The van der Waals surface area contributed by atoms with Crippen molar-refractivity contribution in [2.75, 3.05) is 13.7 Å². The standard InChI is InChI=1S/C14H13F2NO3S2/c1-3-17-12(18)10(22-14(17)21)7-8-5-4-6-9(19-2)11(8)20-13(15)16/h4-7,13H,3H2,1-2H3/b10-7+. The lowest BCUT2D eigenvalue weighted by molar-refractivity contribution is -0.121. The summed E-state index contributed by atoms with van der Waals surface area (Å²) >= 11 is 6.24. The van der Waals surface area contributed by atoms with E-state index in [1.165, 1.54) is 24.2 Å². The number of carbonyl (C=O) groups is 1. The normalized spacial score (nSPS) is 16.8. The Morgan fingerprint density at radius 1 is 1.45 bits per heavy atom. The maximum absolute atomic E-state index is 12.6. The molecule has 1 aliphatic heterocycles. The molecule has 1 aromatic rings. The lowest BCUT2D eigenvalue weighted by Gasteiger charge is -2.12. The average Bonchev–Trinajstić information content (AvgIpc) is 2.74. The molecular formula is C14H13F2NO3S2. The number of methoxy groups -OCH3 is 1. The Kier molecular flexibility index (Phi) is 5.36. The number of hydrogen-bond acceptors (Lipinski definition) is 5. The summed E-state index contributed by atoms with van der Waals surface area (Å²) in [6, 6.07) is 4.70. The first kappa shape index (κ1) is 16.7. The van der Waals surface area contributed by atoms with Crippen LogP contribution in [0, 0.1) is 0 Å². The van der Waals surface area contributed by atoms with Crippen LogP contribution < -0.4 is 9.47 Å². The number of ether oxygens (including phenoxy) is 2. The first-order chi connectivity index (χ1) is 10.5. The van der Waals surface area contributed by atoms with Crippen molar-refractivity contribution < 1.29 is 23.0 Å². The van der Waals surface area contributed by atoms with Crippen molar-refractivity contribution in [3.8, 4) is 11.5 Å². The van der Waals surface area contributed by atoms with E-state index in [9.17, 15) is 13.6 Å². The number of hydrogen-bond donors (Lipinski definition) is 0. The van der Waals surface area contributed by atoms with Crippen LogP contribution in [-0.2, 0) is 4.79 Å². The number of alkyl halides is 2. The molecule has 8 heteroatoms. The second kappa shape index (κ2) is 7.06. The third-order valence-electron chi connectivity index (χ3n) is 2.91. The van der Waals surface area contributed by atoms with E-state index in [0.717, 1.165) is 11.8 Å². The molecule has 1 aromatic carbocycles. The Morgan fingerprint density at radius 2 is 2.18 bits per heavy atom. The Morgan fingerprint density at radius 3 is 2.73 bits per heavy atom. The lowest BCUT2D eigenvalue weighted by atomic mass is 10.1. The van der Waals surface area contributed by atoms with E-state index < -0.39 is 6.61 Å². The maximum atomic E-state index is 12.6. The summed E-state index contributed by atoms with van der Waals surface area (Å²) in [6.07, 6.45) is 1.48. The van der Waals surface area contributed by atoms with Gasteiger partial charge < -0.3 is 9.47 Å². The number of para-hydroxylation sites is 1. The van der Waals surface area contributed by atoms with Crippen molar-refractivity contribution in [2.24, 2.45) is 0 Å². The van der Waals surface area contributed by atoms with E-state index in [1.807, 2.05) is 6.92 Å². The van der Waals surface area contributed by atoms with Gasteiger partial charge in [0.25, 0.3) is 5.91 Å². The Bertz CT molecular complexity index is 635. The molecule has 118 valence electrons. The minimum Gasteiger partial charge on any atom is -0.493 e. The summed E-state index contributed by atoms with van der Waals surface area (Å²) in [5, 5.41) is 0. The van der Waals surface area contributed by atoms with Crippen LogP contribution in [0.1, 0.15) is 12.5 Å². The van der Waals surface area contributed by atoms with Crippen molar-refractivity contribution in [3.05, 3.63) is 28.7 Å². The number of halogens is 2. The molecule has 0 unspecified atom stereocenters. The molecule has 1 heterocycles. The highest BCUT2D eigenvalue weighted by Gasteiger charge is 2.31. The minimum atomic E-state index is -2.99. The van der Waals surface area contributed by atoms with Crippen LogP contribution in [0.5, 0.6) is 11.5 Å². The van der Waals surface area contributed by atoms with E-state index >= 15 is 0 Å². The van der Waals surface area contributed by atoms with Crippen LogP contribution in [0.15, 0.2) is 23.1 Å². The van der Waals surface area contributed by atoms with Crippen molar-refractivity contribution >= 4 is 40.3 Å². The number of likely N-dealkylation sites (N-methyl/N-ethyl adjacent to an activating group) is 1. The average molecular weight is 345 g/mol. The summed E-state index contributed by atoms with van der Waals surface area (Å²) in [7, 11) is 1.36. The monoisotopic (exact) mass is 345 g/mol. The van der Waals surface area contributed by atoms with Gasteiger partial charge in [0.1, 0.15) is 4.32 Å². The molecule has 22 heavy (non-hydrogen) atoms. The molecule has 0 atom stereocenters. The van der Waals surface area contributed by atoms with Crippen molar-refractivity contribution in [2.45, 2.75) is 13.5 Å². The molecule has 1 aliphatic rings. The molecule has 2 rings (SSSR count). The van der Waals surface area contributed by atoms with E-state index in [-0.39, 0.29) is 17.4 Å². The number of benzene rings is 1. The van der Waals surface area contributed by atoms with Crippen LogP contribution in [-0.4, -0.2) is 35.4 Å². The molecule has 1 fully saturated rings. The molecule has 0 N–H and O–H groups in total. The SMILES string of the molecule is CCN1C(=O)/C(=C\c2cccc(OC)c2OC(F)F)SC1=S. The second-order valence-corrected chi connectivity index (χ2v) is 5.86. The number of thioether (sulfide) groups is 1. The van der Waals surface area contributed by atoms with Crippen LogP contribution in [0.4, 0.5) is 8.78 Å². The lowest BCUT2D eigenvalue weighted by Crippen LogP contribution is -2.27. The summed E-state index contributed by atoms with van der Waals surface area (Å²) in [4.78, 5) is 14.0. The van der Waals surface area contributed by atoms with Gasteiger partial charge in [-0.15, -0.1) is 0 Å². The molecule has 0 radical (unpaired) electrons. The zero-order valence-corrected chi connectivity index (χ0v) is 13.5. The van der Waals surface area contributed by atoms with Crippen LogP contribution in [0.2, 0.25) is 0 Å². The molecule has 0 aromatic heterocycles. The van der Waals surface area contributed by atoms with Gasteiger partial charge in [0, 0.05) is 12.1 Å². The van der Waals surface area contributed by atoms with Gasteiger partial charge in [-0.05, 0) is 19.1 Å². The van der Waals surface area contributed by atoms with E-state index in [4.69, 9.17) is 17.0 Å². The maximum Gasteiger partial charge on any atom is 0.387 e. The predicted octanol–water partition coefficient (Wildman–Crippen LogP) is 3.52. The number of rotatable bonds is 5. The van der Waals surface area contributed by atoms with Crippen LogP contribution in [0.25, 0.3) is 6.08 Å². The molecule has 1 amide bonds. The van der Waals surface area contributed by atoms with Gasteiger partial charge in [-0.1, -0.05) is 36.1 Å². The third kappa shape index (κ3) is 3.38. The first-order valence-electron chi connectivity index (χ1n) is 6.35. The molecular weight excluding hydrogens is 332 g/mol. The van der Waals surface area contributed by atoms with Crippen LogP contribution >= 0.6 is 24.0 Å². The second-order valence-electron chi connectivity index (χ2n) is 4.18. The number of nitrogens with zero attached hydrogens (tertiary/aromatic N) is 1. The molecule has 4 nitrogen and oxygen atoms in total. The van der Waals surface area contributed by atoms with Crippen LogP contribution in [0.3, 0.4) is 0 Å². The smallest absolute Gasteiger partial charge is 0.387 e. The fraction of sp³-hybridized carbons (Fsp3) is 0.286. The fourth-order valence-corrected chi connectivity index (χ4v) is 3.31. The summed E-state index contributed by atoms with van der Waals surface area (Å²) in [5.74, 6) is -0.190. The van der Waals surface area contributed by atoms with Gasteiger partial charge in [-0.25, -0.2) is 0 Å². The van der Waals surface area contributed by atoms with E-state index in [2.05, 4.69) is 4.74 Å². The zero-order chi connectivity index (χ0) is 16.3. The Labute approximate surface area is 136 Å². The van der Waals surface area contributed by atoms with Gasteiger partial charge in [-0.3, -0.25) is 9.69 Å². The Balaban J connectivity index is 2.43. The molecule has 0 spiro atoms. The van der Waals surface area contributed by atoms with Crippen molar-refractivity contribution in [3.63, 3.8) is 0 Å².